The summed E-state index contributed by atoms with van der Waals surface area (Å²) in [5.74, 6) is 0.651. The lowest BCUT2D eigenvalue weighted by atomic mass is 10.1. The van der Waals surface area contributed by atoms with Crippen molar-refractivity contribution < 1.29 is 14.4 Å². The fourth-order valence-corrected chi connectivity index (χ4v) is 3.03. The van der Waals surface area contributed by atoms with E-state index >= 15 is 0 Å². The van der Waals surface area contributed by atoms with E-state index in [1.807, 2.05) is 38.2 Å². The fraction of sp³-hybridized carbons (Fsp3) is 0.438. The highest BCUT2D eigenvalue weighted by Gasteiger charge is 2.40. The van der Waals surface area contributed by atoms with Crippen LogP contribution < -0.4 is 9.47 Å². The molecule has 0 bridgehead atoms. The first-order valence-electron chi connectivity index (χ1n) is 7.60. The van der Waals surface area contributed by atoms with Crippen LogP contribution in [0.5, 0.6) is 11.8 Å². The van der Waals surface area contributed by atoms with Crippen LogP contribution in [0.25, 0.3) is 0 Å². The van der Waals surface area contributed by atoms with E-state index in [1.165, 1.54) is 11.8 Å². The van der Waals surface area contributed by atoms with E-state index in [4.69, 9.17) is 9.47 Å². The van der Waals surface area contributed by atoms with Gasteiger partial charge in [0.05, 0.1) is 13.7 Å². The predicted octanol–water partition coefficient (Wildman–Crippen LogP) is 2.08. The van der Waals surface area contributed by atoms with Crippen molar-refractivity contribution in [3.05, 3.63) is 46.1 Å². The third kappa shape index (κ3) is 3.33. The maximum atomic E-state index is 10.8. The van der Waals surface area contributed by atoms with Gasteiger partial charge in [-0.15, -0.1) is 0 Å². The summed E-state index contributed by atoms with van der Waals surface area (Å²) in [4.78, 5) is 16.3. The molecular formula is C16H20N4O4. The highest BCUT2D eigenvalue weighted by atomic mass is 16.6. The van der Waals surface area contributed by atoms with Gasteiger partial charge in [0.2, 0.25) is 0 Å². The van der Waals surface area contributed by atoms with Crippen molar-refractivity contribution >= 4 is 5.82 Å². The molecular weight excluding hydrogens is 312 g/mol. The Labute approximate surface area is 139 Å². The van der Waals surface area contributed by atoms with Crippen LogP contribution >= 0.6 is 0 Å². The first kappa shape index (κ1) is 16.3. The molecule has 1 aromatic carbocycles. The zero-order valence-corrected chi connectivity index (χ0v) is 13.9. The molecule has 1 atom stereocenters. The van der Waals surface area contributed by atoms with Gasteiger partial charge in [0, 0.05) is 18.1 Å². The predicted molar refractivity (Wildman–Crippen MR) is 87.2 cm³/mol. The molecule has 0 amide bonds. The summed E-state index contributed by atoms with van der Waals surface area (Å²) in [6.07, 6.45) is 1.42. The van der Waals surface area contributed by atoms with Crippen molar-refractivity contribution in [1.82, 2.24) is 14.5 Å². The molecule has 2 heterocycles. The Morgan fingerprint density at radius 1 is 1.46 bits per heavy atom. The number of nitrogens with zero attached hydrogens (tertiary/aromatic N) is 4. The number of ether oxygens (including phenoxy) is 2. The van der Waals surface area contributed by atoms with Crippen LogP contribution in [0.2, 0.25) is 0 Å². The third-order valence-electron chi connectivity index (χ3n) is 3.97. The molecule has 1 aliphatic heterocycles. The van der Waals surface area contributed by atoms with E-state index in [9.17, 15) is 10.1 Å². The Morgan fingerprint density at radius 2 is 2.17 bits per heavy atom. The van der Waals surface area contributed by atoms with Crippen LogP contribution in [0.15, 0.2) is 30.5 Å². The average molecular weight is 332 g/mol. The molecule has 8 nitrogen and oxygen atoms in total. The molecule has 0 spiro atoms. The number of aromatic nitrogens is 2. The Morgan fingerprint density at radius 3 is 2.75 bits per heavy atom. The minimum absolute atomic E-state index is 0.182. The van der Waals surface area contributed by atoms with Crippen molar-refractivity contribution in [3.63, 3.8) is 0 Å². The molecule has 2 aromatic rings. The number of nitro groups is 1. The largest absolute Gasteiger partial charge is 0.497 e. The summed E-state index contributed by atoms with van der Waals surface area (Å²) in [5.41, 5.74) is 0.715. The van der Waals surface area contributed by atoms with Crippen LogP contribution in [-0.2, 0) is 13.1 Å². The van der Waals surface area contributed by atoms with Gasteiger partial charge in [-0.05, 0) is 36.6 Å². The quantitative estimate of drug-likeness (QED) is 0.595. The van der Waals surface area contributed by atoms with Gasteiger partial charge in [-0.1, -0.05) is 12.1 Å². The average Bonchev–Trinajstić information content (AvgIpc) is 3.02. The topological polar surface area (TPSA) is 82.7 Å². The van der Waals surface area contributed by atoms with E-state index in [-0.39, 0.29) is 5.82 Å². The Balaban J connectivity index is 1.60. The molecule has 1 aromatic heterocycles. The number of hydrogen-bond acceptors (Lipinski definition) is 6. The molecule has 24 heavy (non-hydrogen) atoms. The van der Waals surface area contributed by atoms with Crippen LogP contribution in [0, 0.1) is 10.1 Å². The second-order valence-electron chi connectivity index (χ2n) is 6.34. The minimum atomic E-state index is -0.512. The molecule has 0 radical (unpaired) electrons. The second kappa shape index (κ2) is 6.12. The van der Waals surface area contributed by atoms with Gasteiger partial charge in [0.15, 0.2) is 0 Å². The highest BCUT2D eigenvalue weighted by Crippen LogP contribution is 2.31. The number of imidazole rings is 1. The number of rotatable bonds is 6. The van der Waals surface area contributed by atoms with E-state index in [1.54, 1.807) is 11.7 Å². The number of benzene rings is 1. The lowest BCUT2D eigenvalue weighted by Crippen LogP contribution is -2.43. The van der Waals surface area contributed by atoms with Crippen molar-refractivity contribution in [2.75, 3.05) is 20.7 Å². The molecule has 0 saturated carbocycles. The van der Waals surface area contributed by atoms with Gasteiger partial charge in [-0.25, -0.2) is 0 Å². The van der Waals surface area contributed by atoms with E-state index in [0.717, 1.165) is 12.3 Å². The summed E-state index contributed by atoms with van der Waals surface area (Å²) in [5, 5.41) is 10.8. The van der Waals surface area contributed by atoms with Crippen LogP contribution in [-0.4, -0.2) is 45.7 Å². The maximum absolute atomic E-state index is 10.8. The molecule has 0 aliphatic carbocycles. The summed E-state index contributed by atoms with van der Waals surface area (Å²) in [6, 6.07) is 8.24. The van der Waals surface area contributed by atoms with Crippen LogP contribution in [0.1, 0.15) is 12.5 Å². The number of likely N-dealkylation sites (N-methyl/N-ethyl adjacent to an activating group) is 1. The zero-order chi connectivity index (χ0) is 17.3. The fourth-order valence-electron chi connectivity index (χ4n) is 3.03. The van der Waals surface area contributed by atoms with Crippen LogP contribution in [0.3, 0.4) is 0 Å². The van der Waals surface area contributed by atoms with E-state index in [2.05, 4.69) is 9.88 Å². The van der Waals surface area contributed by atoms with E-state index in [0.29, 0.717) is 19.1 Å². The Hall–Kier alpha value is -2.61. The molecule has 0 fully saturated rings. The van der Waals surface area contributed by atoms with Crippen LogP contribution in [0.4, 0.5) is 5.82 Å². The maximum Gasteiger partial charge on any atom is 0.415 e. The number of hydrogen-bond donors (Lipinski definition) is 0. The standard InChI is InChI=1S/C16H20N4O4/c1-16(11-19-9-14(20(21)22)17-15(19)24-16)10-18(2)8-12-4-6-13(23-3)7-5-12/h4-7,9H,8,10-11H2,1-3H3/t16-/m0/s1. The first-order valence-corrected chi connectivity index (χ1v) is 7.60. The lowest BCUT2D eigenvalue weighted by molar-refractivity contribution is -0.389. The molecule has 0 saturated heterocycles. The molecule has 0 N–H and O–H groups in total. The third-order valence-corrected chi connectivity index (χ3v) is 3.97. The molecule has 0 unspecified atom stereocenters. The summed E-state index contributed by atoms with van der Waals surface area (Å²) in [7, 11) is 3.66. The number of fused-ring (bicyclic) bond motifs is 1. The normalized spacial score (nSPS) is 19.2. The summed E-state index contributed by atoms with van der Waals surface area (Å²) in [6.45, 7) is 3.97. The monoisotopic (exact) mass is 332 g/mol. The van der Waals surface area contributed by atoms with Crippen molar-refractivity contribution in [2.24, 2.45) is 0 Å². The smallest absolute Gasteiger partial charge is 0.415 e. The van der Waals surface area contributed by atoms with Gasteiger partial charge in [0.1, 0.15) is 17.5 Å². The zero-order valence-electron chi connectivity index (χ0n) is 13.9. The Bertz CT molecular complexity index is 718. The SMILES string of the molecule is COc1ccc(CN(C)C[C@@]2(C)Cn3cc([N+](=O)[O-])nc3O2)cc1. The number of methoxy groups -OCH3 is 1. The Kier molecular flexibility index (Phi) is 4.15. The van der Waals surface area contributed by atoms with Gasteiger partial charge in [-0.3, -0.25) is 9.47 Å². The molecule has 1 aliphatic rings. The lowest BCUT2D eigenvalue weighted by Gasteiger charge is -2.28. The summed E-state index contributed by atoms with van der Waals surface area (Å²) < 4.78 is 12.7. The first-order chi connectivity index (χ1) is 11.4. The molecule has 3 rings (SSSR count). The molecule has 128 valence electrons. The second-order valence-corrected chi connectivity index (χ2v) is 6.34. The molecule has 8 heteroatoms. The van der Waals surface area contributed by atoms with Crippen molar-refractivity contribution in [1.29, 1.82) is 0 Å². The highest BCUT2D eigenvalue weighted by molar-refractivity contribution is 5.27. The summed E-state index contributed by atoms with van der Waals surface area (Å²) >= 11 is 0. The van der Waals surface area contributed by atoms with E-state index < -0.39 is 10.5 Å². The van der Waals surface area contributed by atoms with Crippen molar-refractivity contribution in [3.8, 4) is 11.8 Å². The van der Waals surface area contributed by atoms with Gasteiger partial charge < -0.3 is 19.6 Å². The minimum Gasteiger partial charge on any atom is -0.497 e. The van der Waals surface area contributed by atoms with Gasteiger partial charge >= 0.3 is 11.8 Å². The van der Waals surface area contributed by atoms with Gasteiger partial charge in [-0.2, -0.15) is 0 Å². The van der Waals surface area contributed by atoms with Gasteiger partial charge in [0.25, 0.3) is 0 Å². The van der Waals surface area contributed by atoms with Crippen molar-refractivity contribution in [2.45, 2.75) is 25.6 Å².